The summed E-state index contributed by atoms with van der Waals surface area (Å²) in [7, 11) is 0. The van der Waals surface area contributed by atoms with Gasteiger partial charge in [0.1, 0.15) is 0 Å². The number of rotatable bonds is 5. The first kappa shape index (κ1) is 14.2. The van der Waals surface area contributed by atoms with Crippen LogP contribution in [0.2, 0.25) is 0 Å². The predicted octanol–water partition coefficient (Wildman–Crippen LogP) is 3.09. The fourth-order valence-electron chi connectivity index (χ4n) is 1.92. The van der Waals surface area contributed by atoms with Gasteiger partial charge in [0, 0.05) is 30.9 Å². The molecule has 104 valence electrons. The number of aromatic nitrogens is 1. The SMILES string of the molecule is CC(C)(CC[n+]1ccc(-c2ccccc2)cc1)[N+](=O)[O-]. The highest BCUT2D eigenvalue weighted by molar-refractivity contribution is 5.61. The Morgan fingerprint density at radius 1 is 1.05 bits per heavy atom. The van der Waals surface area contributed by atoms with Gasteiger partial charge >= 0.3 is 0 Å². The lowest BCUT2D eigenvalue weighted by atomic mass is 10.0. The highest BCUT2D eigenvalue weighted by atomic mass is 16.6. The van der Waals surface area contributed by atoms with Gasteiger partial charge in [-0.3, -0.25) is 10.1 Å². The molecule has 0 bridgehead atoms. The topological polar surface area (TPSA) is 47.0 Å². The lowest BCUT2D eigenvalue weighted by molar-refractivity contribution is -0.705. The zero-order valence-electron chi connectivity index (χ0n) is 11.8. The van der Waals surface area contributed by atoms with Gasteiger partial charge in [-0.15, -0.1) is 0 Å². The van der Waals surface area contributed by atoms with E-state index in [-0.39, 0.29) is 4.92 Å². The Morgan fingerprint density at radius 2 is 1.60 bits per heavy atom. The van der Waals surface area contributed by atoms with Crippen LogP contribution in [0.1, 0.15) is 20.3 Å². The molecular formula is C16H19N2O2+. The van der Waals surface area contributed by atoms with Crippen LogP contribution in [0.5, 0.6) is 0 Å². The molecule has 0 aliphatic carbocycles. The first-order valence-electron chi connectivity index (χ1n) is 6.68. The highest BCUT2D eigenvalue weighted by Gasteiger charge is 2.31. The van der Waals surface area contributed by atoms with E-state index in [0.29, 0.717) is 13.0 Å². The third-order valence-corrected chi connectivity index (χ3v) is 3.47. The lowest BCUT2D eigenvalue weighted by Crippen LogP contribution is -2.40. The summed E-state index contributed by atoms with van der Waals surface area (Å²) < 4.78 is 1.98. The van der Waals surface area contributed by atoms with E-state index in [1.165, 1.54) is 5.56 Å². The Morgan fingerprint density at radius 3 is 2.15 bits per heavy atom. The van der Waals surface area contributed by atoms with Crippen molar-refractivity contribution in [3.63, 3.8) is 0 Å². The molecule has 4 nitrogen and oxygen atoms in total. The molecule has 1 aromatic carbocycles. The molecule has 0 aliphatic heterocycles. The Balaban J connectivity index is 2.04. The zero-order valence-corrected chi connectivity index (χ0v) is 11.8. The molecule has 0 aliphatic rings. The van der Waals surface area contributed by atoms with Gasteiger partial charge in [0.25, 0.3) is 0 Å². The van der Waals surface area contributed by atoms with Crippen molar-refractivity contribution in [3.8, 4) is 11.1 Å². The summed E-state index contributed by atoms with van der Waals surface area (Å²) in [5, 5.41) is 10.9. The fourth-order valence-corrected chi connectivity index (χ4v) is 1.92. The molecule has 0 spiro atoms. The average Bonchev–Trinajstić information content (AvgIpc) is 2.46. The Labute approximate surface area is 118 Å². The van der Waals surface area contributed by atoms with Crippen molar-refractivity contribution in [2.45, 2.75) is 32.4 Å². The van der Waals surface area contributed by atoms with Crippen LogP contribution < -0.4 is 4.57 Å². The van der Waals surface area contributed by atoms with E-state index in [1.54, 1.807) is 13.8 Å². The zero-order chi connectivity index (χ0) is 14.6. The molecule has 1 heterocycles. The monoisotopic (exact) mass is 271 g/mol. The minimum absolute atomic E-state index is 0.216. The van der Waals surface area contributed by atoms with E-state index in [1.807, 2.05) is 47.3 Å². The second-order valence-electron chi connectivity index (χ2n) is 5.51. The van der Waals surface area contributed by atoms with Crippen molar-refractivity contribution in [1.82, 2.24) is 0 Å². The summed E-state index contributed by atoms with van der Waals surface area (Å²) in [5.41, 5.74) is 1.44. The molecule has 0 saturated carbocycles. The Kier molecular flexibility index (Phi) is 4.13. The van der Waals surface area contributed by atoms with Crippen molar-refractivity contribution in [2.24, 2.45) is 0 Å². The summed E-state index contributed by atoms with van der Waals surface area (Å²) in [6.07, 6.45) is 4.45. The van der Waals surface area contributed by atoms with E-state index in [4.69, 9.17) is 0 Å². The van der Waals surface area contributed by atoms with Crippen LogP contribution in [0.4, 0.5) is 0 Å². The molecular weight excluding hydrogens is 252 g/mol. The fraction of sp³-hybridized carbons (Fsp3) is 0.312. The molecule has 2 aromatic rings. The highest BCUT2D eigenvalue weighted by Crippen LogP contribution is 2.17. The Bertz CT molecular complexity index is 577. The van der Waals surface area contributed by atoms with E-state index >= 15 is 0 Å². The van der Waals surface area contributed by atoms with Gasteiger partial charge in [-0.05, 0) is 11.1 Å². The van der Waals surface area contributed by atoms with Crippen molar-refractivity contribution < 1.29 is 9.49 Å². The van der Waals surface area contributed by atoms with Gasteiger partial charge in [0.2, 0.25) is 5.54 Å². The summed E-state index contributed by atoms with van der Waals surface area (Å²) in [6, 6.07) is 14.2. The van der Waals surface area contributed by atoms with Crippen molar-refractivity contribution in [1.29, 1.82) is 0 Å². The first-order valence-corrected chi connectivity index (χ1v) is 6.68. The third-order valence-electron chi connectivity index (χ3n) is 3.47. The number of aryl methyl sites for hydroxylation is 1. The molecule has 0 fully saturated rings. The number of hydrogen-bond acceptors (Lipinski definition) is 2. The van der Waals surface area contributed by atoms with Crippen molar-refractivity contribution in [2.75, 3.05) is 0 Å². The number of pyridine rings is 1. The van der Waals surface area contributed by atoms with Crippen LogP contribution in [0, 0.1) is 10.1 Å². The normalized spacial score (nSPS) is 11.3. The molecule has 0 radical (unpaired) electrons. The van der Waals surface area contributed by atoms with Crippen LogP contribution in [0.3, 0.4) is 0 Å². The Hall–Kier alpha value is -2.23. The third kappa shape index (κ3) is 3.41. The summed E-state index contributed by atoms with van der Waals surface area (Å²) in [5.74, 6) is 0. The van der Waals surface area contributed by atoms with Crippen LogP contribution in [0.15, 0.2) is 54.9 Å². The van der Waals surface area contributed by atoms with E-state index in [0.717, 1.165) is 5.56 Å². The van der Waals surface area contributed by atoms with Crippen LogP contribution in [-0.4, -0.2) is 10.5 Å². The van der Waals surface area contributed by atoms with Gasteiger partial charge < -0.3 is 0 Å². The van der Waals surface area contributed by atoms with Crippen molar-refractivity contribution >= 4 is 0 Å². The average molecular weight is 271 g/mol. The molecule has 0 saturated heterocycles. The maximum absolute atomic E-state index is 10.9. The van der Waals surface area contributed by atoms with E-state index < -0.39 is 5.54 Å². The molecule has 0 atom stereocenters. The quantitative estimate of drug-likeness (QED) is 0.476. The summed E-state index contributed by atoms with van der Waals surface area (Å²) in [4.78, 5) is 10.7. The van der Waals surface area contributed by atoms with Gasteiger partial charge in [0.15, 0.2) is 18.9 Å². The van der Waals surface area contributed by atoms with E-state index in [9.17, 15) is 10.1 Å². The first-order chi connectivity index (χ1) is 9.49. The second kappa shape index (κ2) is 5.82. The second-order valence-corrected chi connectivity index (χ2v) is 5.51. The summed E-state index contributed by atoms with van der Waals surface area (Å²) >= 11 is 0. The number of nitrogens with zero attached hydrogens (tertiary/aromatic N) is 2. The van der Waals surface area contributed by atoms with Gasteiger partial charge in [-0.1, -0.05) is 30.3 Å². The molecule has 20 heavy (non-hydrogen) atoms. The smallest absolute Gasteiger partial charge is 0.222 e. The number of benzene rings is 1. The maximum Gasteiger partial charge on any atom is 0.222 e. The minimum Gasteiger partial charge on any atom is -0.264 e. The summed E-state index contributed by atoms with van der Waals surface area (Å²) in [6.45, 7) is 3.96. The molecule has 0 amide bonds. The largest absolute Gasteiger partial charge is 0.264 e. The molecule has 2 rings (SSSR count). The van der Waals surface area contributed by atoms with E-state index in [2.05, 4.69) is 12.1 Å². The molecule has 1 aromatic heterocycles. The molecule has 0 unspecified atom stereocenters. The maximum atomic E-state index is 10.9. The van der Waals surface area contributed by atoms with Gasteiger partial charge in [-0.2, -0.15) is 0 Å². The van der Waals surface area contributed by atoms with Crippen LogP contribution >= 0.6 is 0 Å². The molecule has 4 heteroatoms. The predicted molar refractivity (Wildman–Crippen MR) is 77.8 cm³/mol. The van der Waals surface area contributed by atoms with Gasteiger partial charge in [-0.25, -0.2) is 4.57 Å². The minimum atomic E-state index is -0.884. The number of hydrogen-bond donors (Lipinski definition) is 0. The lowest BCUT2D eigenvalue weighted by Gasteiger charge is -2.13. The van der Waals surface area contributed by atoms with Crippen LogP contribution in [0.25, 0.3) is 11.1 Å². The van der Waals surface area contributed by atoms with Gasteiger partial charge in [0.05, 0.1) is 6.42 Å². The standard InChI is InChI=1S/C16H19N2O2/c1-16(2,18(19)20)10-13-17-11-8-15(9-12-17)14-6-4-3-5-7-14/h3-9,11-12H,10,13H2,1-2H3/q+1. The van der Waals surface area contributed by atoms with Crippen molar-refractivity contribution in [3.05, 3.63) is 65.0 Å². The number of nitro groups is 1. The molecule has 0 N–H and O–H groups in total. The van der Waals surface area contributed by atoms with Crippen LogP contribution in [-0.2, 0) is 6.54 Å².